The van der Waals surface area contributed by atoms with Crippen molar-refractivity contribution in [3.8, 4) is 17.0 Å². The maximum Gasteiger partial charge on any atom is 0.228 e. The summed E-state index contributed by atoms with van der Waals surface area (Å²) in [4.78, 5) is 29.1. The summed E-state index contributed by atoms with van der Waals surface area (Å²) in [5, 5.41) is 9.56. The van der Waals surface area contributed by atoms with Gasteiger partial charge in [-0.15, -0.1) is 22.7 Å². The first-order valence-corrected chi connectivity index (χ1v) is 10.1. The molecule has 0 fully saturated rings. The summed E-state index contributed by atoms with van der Waals surface area (Å²) in [6, 6.07) is 7.91. The summed E-state index contributed by atoms with van der Waals surface area (Å²) < 4.78 is 18.8. The zero-order valence-corrected chi connectivity index (χ0v) is 16.8. The molecule has 3 aromatic rings. The predicted molar refractivity (Wildman–Crippen MR) is 108 cm³/mol. The smallest absolute Gasteiger partial charge is 0.228 e. The number of amides is 2. The number of aromatic nitrogens is 1. The van der Waals surface area contributed by atoms with Crippen LogP contribution < -0.4 is 15.4 Å². The van der Waals surface area contributed by atoms with Gasteiger partial charge in [0.1, 0.15) is 0 Å². The number of thiophene rings is 1. The summed E-state index contributed by atoms with van der Waals surface area (Å²) in [5.41, 5.74) is 1.14. The van der Waals surface area contributed by atoms with Crippen molar-refractivity contribution in [2.45, 2.75) is 19.4 Å². The highest BCUT2D eigenvalue weighted by atomic mass is 32.1. The first kappa shape index (κ1) is 20.0. The Hall–Kier alpha value is -2.78. The van der Waals surface area contributed by atoms with Gasteiger partial charge in [-0.1, -0.05) is 6.07 Å². The van der Waals surface area contributed by atoms with Crippen molar-refractivity contribution in [2.24, 2.45) is 0 Å². The van der Waals surface area contributed by atoms with Crippen LogP contribution in [0.5, 0.6) is 5.75 Å². The van der Waals surface area contributed by atoms with Crippen LogP contribution in [-0.2, 0) is 9.59 Å². The van der Waals surface area contributed by atoms with Gasteiger partial charge in [-0.2, -0.15) is 0 Å². The predicted octanol–water partition coefficient (Wildman–Crippen LogP) is 4.23. The number of halogens is 1. The highest BCUT2D eigenvalue weighted by molar-refractivity contribution is 7.14. The Morgan fingerprint density at radius 2 is 2.11 bits per heavy atom. The maximum atomic E-state index is 13.9. The lowest BCUT2D eigenvalue weighted by Crippen LogP contribution is -2.29. The van der Waals surface area contributed by atoms with Gasteiger partial charge in [0.25, 0.3) is 0 Å². The van der Waals surface area contributed by atoms with E-state index in [4.69, 9.17) is 4.74 Å². The normalized spacial score (nSPS) is 11.7. The molecule has 0 aliphatic heterocycles. The van der Waals surface area contributed by atoms with Gasteiger partial charge in [0.05, 0.1) is 25.3 Å². The minimum absolute atomic E-state index is 0.0895. The lowest BCUT2D eigenvalue weighted by atomic mass is 10.1. The van der Waals surface area contributed by atoms with E-state index in [1.165, 1.54) is 48.8 Å². The Morgan fingerprint density at radius 1 is 1.29 bits per heavy atom. The van der Waals surface area contributed by atoms with Crippen molar-refractivity contribution in [1.82, 2.24) is 10.3 Å². The van der Waals surface area contributed by atoms with E-state index in [1.807, 2.05) is 17.5 Å². The Bertz CT molecular complexity index is 973. The second-order valence-electron chi connectivity index (χ2n) is 5.91. The number of benzene rings is 1. The molecule has 2 heterocycles. The molecule has 6 nitrogen and oxygen atoms in total. The van der Waals surface area contributed by atoms with Gasteiger partial charge in [0, 0.05) is 22.7 Å². The lowest BCUT2D eigenvalue weighted by molar-refractivity contribution is -0.120. The average Bonchev–Trinajstić information content (AvgIpc) is 3.32. The monoisotopic (exact) mass is 419 g/mol. The molecule has 0 saturated heterocycles. The number of anilines is 1. The first-order chi connectivity index (χ1) is 13.5. The van der Waals surface area contributed by atoms with Gasteiger partial charge < -0.3 is 15.4 Å². The third-order valence-corrected chi connectivity index (χ3v) is 5.60. The highest BCUT2D eigenvalue weighted by Gasteiger charge is 2.19. The number of nitrogens with zero attached hydrogens (tertiary/aromatic N) is 1. The standard InChI is InChI=1S/C19H18FN3O3S2/c1-11(24)21-14(17-4-3-7-27-17)9-18(25)23-19-22-15(10-28-19)12-5-6-16(26-2)13(20)8-12/h3-8,10,14H,9H2,1-2H3,(H,21,24)(H,22,23,25)/t14-/m1/s1. The molecule has 9 heteroatoms. The molecule has 0 radical (unpaired) electrons. The van der Waals surface area contributed by atoms with E-state index in [2.05, 4.69) is 15.6 Å². The number of nitrogens with one attached hydrogen (secondary N) is 2. The van der Waals surface area contributed by atoms with Gasteiger partial charge >= 0.3 is 0 Å². The van der Waals surface area contributed by atoms with Gasteiger partial charge in [0.2, 0.25) is 11.8 Å². The van der Waals surface area contributed by atoms with E-state index in [1.54, 1.807) is 11.4 Å². The first-order valence-electron chi connectivity index (χ1n) is 8.36. The van der Waals surface area contributed by atoms with Crippen LogP contribution >= 0.6 is 22.7 Å². The molecule has 146 valence electrons. The fourth-order valence-electron chi connectivity index (χ4n) is 2.60. The van der Waals surface area contributed by atoms with Gasteiger partial charge in [-0.05, 0) is 29.6 Å². The van der Waals surface area contributed by atoms with Gasteiger partial charge in [0.15, 0.2) is 16.7 Å². The molecular formula is C19H18FN3O3S2. The number of thiazole rings is 1. The quantitative estimate of drug-likeness (QED) is 0.601. The van der Waals surface area contributed by atoms with Crippen LogP contribution in [0.15, 0.2) is 41.1 Å². The molecule has 28 heavy (non-hydrogen) atoms. The Labute approximate surface area is 169 Å². The molecule has 0 bridgehead atoms. The molecule has 1 atom stereocenters. The fraction of sp³-hybridized carbons (Fsp3) is 0.211. The van der Waals surface area contributed by atoms with Crippen LogP contribution in [0.25, 0.3) is 11.3 Å². The third kappa shape index (κ3) is 4.93. The minimum Gasteiger partial charge on any atom is -0.494 e. The zero-order valence-electron chi connectivity index (χ0n) is 15.2. The van der Waals surface area contributed by atoms with Gasteiger partial charge in [-0.3, -0.25) is 9.59 Å². The molecule has 3 rings (SSSR count). The van der Waals surface area contributed by atoms with Crippen molar-refractivity contribution in [1.29, 1.82) is 0 Å². The SMILES string of the molecule is COc1ccc(-c2csc(NC(=O)C[C@@H](NC(C)=O)c3cccs3)n2)cc1F. The van der Waals surface area contributed by atoms with E-state index in [0.29, 0.717) is 16.4 Å². The van der Waals surface area contributed by atoms with Crippen molar-refractivity contribution in [2.75, 3.05) is 12.4 Å². The number of hydrogen-bond donors (Lipinski definition) is 2. The number of carbonyl (C=O) groups is 2. The molecule has 2 aromatic heterocycles. The average molecular weight is 420 g/mol. The summed E-state index contributed by atoms with van der Waals surface area (Å²) in [6.07, 6.45) is 0.0895. The number of ether oxygens (including phenoxy) is 1. The second kappa shape index (κ2) is 8.94. The Morgan fingerprint density at radius 3 is 2.75 bits per heavy atom. The molecule has 0 aliphatic rings. The van der Waals surface area contributed by atoms with Crippen LogP contribution in [0.2, 0.25) is 0 Å². The molecule has 0 aliphatic carbocycles. The lowest BCUT2D eigenvalue weighted by Gasteiger charge is -2.15. The van der Waals surface area contributed by atoms with Crippen LogP contribution in [0, 0.1) is 5.82 Å². The van der Waals surface area contributed by atoms with E-state index in [-0.39, 0.29) is 24.0 Å². The van der Waals surface area contributed by atoms with Gasteiger partial charge in [-0.25, -0.2) is 9.37 Å². The van der Waals surface area contributed by atoms with Crippen molar-refractivity contribution >= 4 is 39.6 Å². The second-order valence-corrected chi connectivity index (χ2v) is 7.75. The third-order valence-electron chi connectivity index (χ3n) is 3.85. The minimum atomic E-state index is -0.479. The molecule has 0 saturated carbocycles. The van der Waals surface area contributed by atoms with Crippen molar-refractivity contribution in [3.63, 3.8) is 0 Å². The van der Waals surface area contributed by atoms with E-state index < -0.39 is 11.9 Å². The Balaban J connectivity index is 1.68. The molecule has 0 spiro atoms. The van der Waals surface area contributed by atoms with E-state index in [9.17, 15) is 14.0 Å². The van der Waals surface area contributed by atoms with E-state index >= 15 is 0 Å². The largest absolute Gasteiger partial charge is 0.494 e. The van der Waals surface area contributed by atoms with E-state index in [0.717, 1.165) is 4.88 Å². The fourth-order valence-corrected chi connectivity index (χ4v) is 4.12. The highest BCUT2D eigenvalue weighted by Crippen LogP contribution is 2.29. The summed E-state index contributed by atoms with van der Waals surface area (Å²) in [6.45, 7) is 1.42. The van der Waals surface area contributed by atoms with Crippen LogP contribution in [0.1, 0.15) is 24.3 Å². The number of rotatable bonds is 7. The molecule has 2 amide bonds. The van der Waals surface area contributed by atoms with Crippen molar-refractivity contribution in [3.05, 3.63) is 51.8 Å². The zero-order chi connectivity index (χ0) is 20.1. The topological polar surface area (TPSA) is 80.3 Å². The summed E-state index contributed by atoms with van der Waals surface area (Å²) >= 11 is 2.72. The molecular weight excluding hydrogens is 401 g/mol. The Kier molecular flexibility index (Phi) is 6.37. The van der Waals surface area contributed by atoms with Crippen LogP contribution in [0.3, 0.4) is 0 Å². The molecule has 2 N–H and O–H groups in total. The van der Waals surface area contributed by atoms with Crippen molar-refractivity contribution < 1.29 is 18.7 Å². The number of methoxy groups -OCH3 is 1. The summed E-state index contributed by atoms with van der Waals surface area (Å²) in [7, 11) is 1.40. The van der Waals surface area contributed by atoms with Crippen LogP contribution in [0.4, 0.5) is 9.52 Å². The van der Waals surface area contributed by atoms with Crippen LogP contribution in [-0.4, -0.2) is 23.9 Å². The maximum absolute atomic E-state index is 13.9. The number of hydrogen-bond acceptors (Lipinski definition) is 6. The molecule has 0 unspecified atom stereocenters. The molecule has 1 aromatic carbocycles. The summed E-state index contributed by atoms with van der Waals surface area (Å²) in [5.74, 6) is -0.795. The number of carbonyl (C=O) groups excluding carboxylic acids is 2.